The van der Waals surface area contributed by atoms with Gasteiger partial charge in [0.2, 0.25) is 0 Å². The molecule has 0 unspecified atom stereocenters. The van der Waals surface area contributed by atoms with Crippen LogP contribution >= 0.6 is 22.9 Å². The van der Waals surface area contributed by atoms with Crippen LogP contribution in [0, 0.1) is 12.8 Å². The van der Waals surface area contributed by atoms with Gasteiger partial charge in [0.05, 0.1) is 24.8 Å². The van der Waals surface area contributed by atoms with Crippen molar-refractivity contribution in [3.63, 3.8) is 0 Å². The van der Waals surface area contributed by atoms with Gasteiger partial charge >= 0.3 is 5.97 Å². The minimum atomic E-state index is -0.706. The SMILES string of the molecule is Cc1cc(CN2CCOCC2)ccc1COc1ccc(Cl)cc1-c1csc(N2CCC(C(=O)O)CC2)n1. The Kier molecular flexibility index (Phi) is 8.30. The van der Waals surface area contributed by atoms with Gasteiger partial charge in [-0.1, -0.05) is 29.8 Å². The molecule has 0 spiro atoms. The molecule has 0 atom stereocenters. The number of hydrogen-bond donors (Lipinski definition) is 1. The topological polar surface area (TPSA) is 75.1 Å². The van der Waals surface area contributed by atoms with Crippen molar-refractivity contribution < 1.29 is 19.4 Å². The van der Waals surface area contributed by atoms with Crippen molar-refractivity contribution in [2.45, 2.75) is 32.9 Å². The highest BCUT2D eigenvalue weighted by Crippen LogP contribution is 2.37. The second kappa shape index (κ2) is 11.8. The summed E-state index contributed by atoms with van der Waals surface area (Å²) in [5.41, 5.74) is 5.33. The molecular formula is C28H32ClN3O4S. The minimum Gasteiger partial charge on any atom is -0.488 e. The summed E-state index contributed by atoms with van der Waals surface area (Å²) in [4.78, 5) is 20.7. The van der Waals surface area contributed by atoms with Gasteiger partial charge in [0.1, 0.15) is 12.4 Å². The Labute approximate surface area is 226 Å². The van der Waals surface area contributed by atoms with Crippen molar-refractivity contribution in [3.8, 4) is 17.0 Å². The van der Waals surface area contributed by atoms with Gasteiger partial charge in [0.25, 0.3) is 0 Å². The molecule has 7 nitrogen and oxygen atoms in total. The predicted octanol–water partition coefficient (Wildman–Crippen LogP) is 5.48. The fourth-order valence-corrected chi connectivity index (χ4v) is 5.92. The molecule has 0 amide bonds. The van der Waals surface area contributed by atoms with Crippen molar-refractivity contribution in [1.29, 1.82) is 0 Å². The number of carboxylic acid groups (broad SMARTS) is 1. The molecule has 37 heavy (non-hydrogen) atoms. The number of ether oxygens (including phenoxy) is 2. The second-order valence-electron chi connectivity index (χ2n) is 9.69. The Morgan fingerprint density at radius 3 is 2.68 bits per heavy atom. The number of aliphatic carboxylic acids is 1. The van der Waals surface area contributed by atoms with E-state index in [4.69, 9.17) is 26.1 Å². The molecule has 2 saturated heterocycles. The third kappa shape index (κ3) is 6.44. The molecular weight excluding hydrogens is 510 g/mol. The molecule has 3 aromatic rings. The Balaban J connectivity index is 1.26. The number of halogens is 1. The number of nitrogens with zero attached hydrogens (tertiary/aromatic N) is 3. The standard InChI is InChI=1S/C28H32ClN3O4S/c1-19-14-20(16-31-10-12-35-13-11-31)2-3-22(19)17-36-26-5-4-23(29)15-24(26)25-18-37-28(30-25)32-8-6-21(7-9-32)27(33)34/h2-5,14-15,18,21H,6-13,16-17H2,1H3,(H,33,34). The molecule has 0 radical (unpaired) electrons. The zero-order chi connectivity index (χ0) is 25.8. The number of hydrogen-bond acceptors (Lipinski definition) is 7. The first kappa shape index (κ1) is 26.0. The summed E-state index contributed by atoms with van der Waals surface area (Å²) in [7, 11) is 0. The predicted molar refractivity (Wildman–Crippen MR) is 147 cm³/mol. The van der Waals surface area contributed by atoms with Crippen LogP contribution in [0.5, 0.6) is 5.75 Å². The van der Waals surface area contributed by atoms with Crippen LogP contribution in [0.4, 0.5) is 5.13 Å². The first-order chi connectivity index (χ1) is 18.0. The molecule has 2 aromatic carbocycles. The van der Waals surface area contributed by atoms with Gasteiger partial charge < -0.3 is 19.5 Å². The summed E-state index contributed by atoms with van der Waals surface area (Å²) in [6, 6.07) is 12.2. The molecule has 1 aromatic heterocycles. The van der Waals surface area contributed by atoms with Crippen LogP contribution in [0.25, 0.3) is 11.3 Å². The molecule has 2 aliphatic rings. The molecule has 3 heterocycles. The average Bonchev–Trinajstić information content (AvgIpc) is 3.40. The minimum absolute atomic E-state index is 0.263. The number of benzene rings is 2. The lowest BCUT2D eigenvalue weighted by Gasteiger charge is -2.29. The van der Waals surface area contributed by atoms with Crippen LogP contribution < -0.4 is 9.64 Å². The maximum Gasteiger partial charge on any atom is 0.306 e. The first-order valence-corrected chi connectivity index (χ1v) is 14.0. The fraction of sp³-hybridized carbons (Fsp3) is 0.429. The van der Waals surface area contributed by atoms with Gasteiger partial charge in [-0.15, -0.1) is 11.3 Å². The molecule has 9 heteroatoms. The van der Waals surface area contributed by atoms with Gasteiger partial charge in [-0.2, -0.15) is 0 Å². The lowest BCUT2D eigenvalue weighted by Crippen LogP contribution is -2.36. The van der Waals surface area contributed by atoms with Crippen LogP contribution in [0.15, 0.2) is 41.8 Å². The number of aromatic nitrogens is 1. The Morgan fingerprint density at radius 2 is 1.95 bits per heavy atom. The summed E-state index contributed by atoms with van der Waals surface area (Å²) in [5, 5.41) is 12.8. The van der Waals surface area contributed by atoms with Gasteiger partial charge in [-0.25, -0.2) is 4.98 Å². The molecule has 1 N–H and O–H groups in total. The highest BCUT2D eigenvalue weighted by Gasteiger charge is 2.26. The number of carboxylic acids is 1. The highest BCUT2D eigenvalue weighted by molar-refractivity contribution is 7.14. The number of anilines is 1. The van der Waals surface area contributed by atoms with Crippen LogP contribution in [0.2, 0.25) is 5.02 Å². The Bertz CT molecular complexity index is 1240. The van der Waals surface area contributed by atoms with Crippen molar-refractivity contribution in [1.82, 2.24) is 9.88 Å². The molecule has 2 fully saturated rings. The summed E-state index contributed by atoms with van der Waals surface area (Å²) in [6.07, 6.45) is 1.28. The van der Waals surface area contributed by atoms with Gasteiger partial charge in [0, 0.05) is 48.7 Å². The van der Waals surface area contributed by atoms with E-state index in [1.54, 1.807) is 11.3 Å². The number of carbonyl (C=O) groups is 1. The fourth-order valence-electron chi connectivity index (χ4n) is 4.87. The van der Waals surface area contributed by atoms with Crippen LogP contribution in [-0.2, 0) is 22.7 Å². The molecule has 0 bridgehead atoms. The van der Waals surface area contributed by atoms with E-state index in [1.165, 1.54) is 11.1 Å². The highest BCUT2D eigenvalue weighted by atomic mass is 35.5. The third-order valence-electron chi connectivity index (χ3n) is 7.12. The van der Waals surface area contributed by atoms with E-state index in [2.05, 4.69) is 34.9 Å². The van der Waals surface area contributed by atoms with E-state index >= 15 is 0 Å². The van der Waals surface area contributed by atoms with Crippen molar-refractivity contribution in [3.05, 3.63) is 63.5 Å². The lowest BCUT2D eigenvalue weighted by atomic mass is 9.97. The maximum absolute atomic E-state index is 11.3. The quantitative estimate of drug-likeness (QED) is 0.404. The van der Waals surface area contributed by atoms with Crippen molar-refractivity contribution >= 4 is 34.0 Å². The van der Waals surface area contributed by atoms with Crippen LogP contribution in [0.1, 0.15) is 29.5 Å². The van der Waals surface area contributed by atoms with E-state index in [1.807, 2.05) is 23.6 Å². The van der Waals surface area contributed by atoms with Gasteiger partial charge in [0.15, 0.2) is 5.13 Å². The second-order valence-corrected chi connectivity index (χ2v) is 11.0. The largest absolute Gasteiger partial charge is 0.488 e. The van der Waals surface area contributed by atoms with Gasteiger partial charge in [-0.3, -0.25) is 9.69 Å². The molecule has 196 valence electrons. The van der Waals surface area contributed by atoms with Crippen LogP contribution in [0.3, 0.4) is 0 Å². The van der Waals surface area contributed by atoms with E-state index in [0.29, 0.717) is 37.6 Å². The number of morpholine rings is 1. The zero-order valence-electron chi connectivity index (χ0n) is 21.0. The van der Waals surface area contributed by atoms with E-state index in [9.17, 15) is 9.90 Å². The summed E-state index contributed by atoms with van der Waals surface area (Å²) < 4.78 is 11.8. The zero-order valence-corrected chi connectivity index (χ0v) is 22.6. The third-order valence-corrected chi connectivity index (χ3v) is 8.26. The number of thiazole rings is 1. The molecule has 0 aliphatic carbocycles. The van der Waals surface area contributed by atoms with Crippen molar-refractivity contribution in [2.24, 2.45) is 5.92 Å². The lowest BCUT2D eigenvalue weighted by molar-refractivity contribution is -0.142. The van der Waals surface area contributed by atoms with E-state index in [0.717, 1.165) is 60.5 Å². The monoisotopic (exact) mass is 541 g/mol. The Morgan fingerprint density at radius 1 is 1.16 bits per heavy atom. The molecule has 0 saturated carbocycles. The average molecular weight is 542 g/mol. The van der Waals surface area contributed by atoms with E-state index in [-0.39, 0.29) is 5.92 Å². The summed E-state index contributed by atoms with van der Waals surface area (Å²) in [6.45, 7) is 8.48. The van der Waals surface area contributed by atoms with Crippen LogP contribution in [-0.4, -0.2) is 60.4 Å². The van der Waals surface area contributed by atoms with E-state index < -0.39 is 5.97 Å². The summed E-state index contributed by atoms with van der Waals surface area (Å²) in [5.74, 6) is -0.231. The molecule has 2 aliphatic heterocycles. The number of aryl methyl sites for hydroxylation is 1. The first-order valence-electron chi connectivity index (χ1n) is 12.7. The Hall–Kier alpha value is -2.65. The maximum atomic E-state index is 11.3. The summed E-state index contributed by atoms with van der Waals surface area (Å²) >= 11 is 7.91. The van der Waals surface area contributed by atoms with Crippen molar-refractivity contribution in [2.75, 3.05) is 44.3 Å². The smallest absolute Gasteiger partial charge is 0.306 e. The number of rotatable bonds is 8. The molecule has 5 rings (SSSR count). The number of piperidine rings is 1. The van der Waals surface area contributed by atoms with Gasteiger partial charge in [-0.05, 0) is 54.7 Å². The normalized spacial score (nSPS) is 17.2.